The number of nitro benzene ring substituents is 1. The van der Waals surface area contributed by atoms with Crippen molar-refractivity contribution < 1.29 is 32.3 Å². The van der Waals surface area contributed by atoms with Gasteiger partial charge in [0.05, 0.1) is 43.1 Å². The molecule has 12 nitrogen and oxygen atoms in total. The molecule has 0 fully saturated rings. The fraction of sp³-hybridized carbons (Fsp3) is 0.167. The molecule has 38 heavy (non-hydrogen) atoms. The van der Waals surface area contributed by atoms with E-state index in [2.05, 4.69) is 10.5 Å². The number of benzene rings is 3. The molecule has 1 N–H and O–H groups in total. The monoisotopic (exact) mass is 562 g/mol. The third-order valence-electron chi connectivity index (χ3n) is 5.15. The summed E-state index contributed by atoms with van der Waals surface area (Å²) in [5, 5.41) is 14.8. The van der Waals surface area contributed by atoms with Crippen LogP contribution in [0.25, 0.3) is 0 Å². The number of hydrazone groups is 1. The van der Waals surface area contributed by atoms with Gasteiger partial charge in [-0.15, -0.1) is 0 Å². The zero-order valence-corrected chi connectivity index (χ0v) is 22.0. The number of hydrogen-bond acceptors (Lipinski definition) is 9. The van der Waals surface area contributed by atoms with E-state index in [1.807, 2.05) is 0 Å². The number of anilines is 1. The number of carbonyl (C=O) groups excluding carboxylic acids is 1. The Labute approximate surface area is 223 Å². The third-order valence-corrected chi connectivity index (χ3v) is 7.14. The van der Waals surface area contributed by atoms with Crippen LogP contribution in [-0.4, -0.2) is 53.3 Å². The fourth-order valence-electron chi connectivity index (χ4n) is 3.29. The lowest BCUT2D eigenvalue weighted by atomic mass is 10.2. The number of hydrogen-bond donors (Lipinski definition) is 1. The predicted molar refractivity (Wildman–Crippen MR) is 141 cm³/mol. The van der Waals surface area contributed by atoms with Crippen LogP contribution in [-0.2, 0) is 14.8 Å². The first-order valence-electron chi connectivity index (χ1n) is 10.8. The number of nitro groups is 1. The van der Waals surface area contributed by atoms with Crippen LogP contribution in [0.2, 0.25) is 5.02 Å². The number of nitrogens with zero attached hydrogens (tertiary/aromatic N) is 3. The van der Waals surface area contributed by atoms with Gasteiger partial charge in [0.1, 0.15) is 12.3 Å². The highest BCUT2D eigenvalue weighted by molar-refractivity contribution is 7.92. The van der Waals surface area contributed by atoms with Gasteiger partial charge in [0.2, 0.25) is 0 Å². The van der Waals surface area contributed by atoms with E-state index in [1.54, 1.807) is 0 Å². The van der Waals surface area contributed by atoms with E-state index in [0.717, 1.165) is 4.31 Å². The van der Waals surface area contributed by atoms with E-state index < -0.39 is 27.4 Å². The molecule has 3 aromatic rings. The van der Waals surface area contributed by atoms with Gasteiger partial charge >= 0.3 is 0 Å². The van der Waals surface area contributed by atoms with Crippen molar-refractivity contribution in [3.05, 3.63) is 81.4 Å². The number of carbonyl (C=O) groups is 1. The minimum atomic E-state index is -4.36. The van der Waals surface area contributed by atoms with E-state index in [1.165, 1.54) is 88.2 Å². The number of ether oxygens (including phenoxy) is 3. The van der Waals surface area contributed by atoms with Gasteiger partial charge in [-0.2, -0.15) is 5.10 Å². The summed E-state index contributed by atoms with van der Waals surface area (Å²) in [6.07, 6.45) is 1.26. The lowest BCUT2D eigenvalue weighted by Gasteiger charge is -2.25. The molecule has 0 unspecified atom stereocenters. The van der Waals surface area contributed by atoms with Gasteiger partial charge < -0.3 is 14.2 Å². The Morgan fingerprint density at radius 1 is 1.00 bits per heavy atom. The normalized spacial score (nSPS) is 11.2. The van der Waals surface area contributed by atoms with Crippen LogP contribution in [0, 0.1) is 10.1 Å². The van der Waals surface area contributed by atoms with Crippen LogP contribution < -0.4 is 23.9 Å². The van der Waals surface area contributed by atoms with Gasteiger partial charge in [-0.3, -0.25) is 19.2 Å². The van der Waals surface area contributed by atoms with Crippen molar-refractivity contribution in [1.82, 2.24) is 5.43 Å². The fourth-order valence-corrected chi connectivity index (χ4v) is 4.89. The number of sulfonamides is 1. The Kier molecular flexibility index (Phi) is 9.10. The highest BCUT2D eigenvalue weighted by Crippen LogP contribution is 2.36. The van der Waals surface area contributed by atoms with E-state index >= 15 is 0 Å². The second kappa shape index (κ2) is 12.3. The van der Waals surface area contributed by atoms with Gasteiger partial charge in [-0.1, -0.05) is 11.6 Å². The zero-order valence-electron chi connectivity index (χ0n) is 20.5. The minimum Gasteiger partial charge on any atom is -0.495 e. The molecule has 0 aliphatic rings. The molecule has 200 valence electrons. The number of nitrogens with one attached hydrogen (secondary N) is 1. The van der Waals surface area contributed by atoms with Gasteiger partial charge in [0, 0.05) is 23.2 Å². The smallest absolute Gasteiger partial charge is 0.269 e. The molecule has 0 saturated carbocycles. The van der Waals surface area contributed by atoms with Crippen molar-refractivity contribution in [2.24, 2.45) is 5.10 Å². The number of rotatable bonds is 11. The van der Waals surface area contributed by atoms with E-state index in [4.69, 9.17) is 25.8 Å². The van der Waals surface area contributed by atoms with Crippen LogP contribution in [0.1, 0.15) is 5.56 Å². The Bertz CT molecular complexity index is 1460. The Balaban J connectivity index is 1.94. The molecule has 0 saturated heterocycles. The molecule has 0 radical (unpaired) electrons. The first-order chi connectivity index (χ1) is 18.1. The molecule has 3 aromatic carbocycles. The Morgan fingerprint density at radius 3 is 2.24 bits per heavy atom. The molecule has 3 rings (SSSR count). The zero-order chi connectivity index (χ0) is 27.9. The lowest BCUT2D eigenvalue weighted by molar-refractivity contribution is -0.384. The molecule has 14 heteroatoms. The van der Waals surface area contributed by atoms with Crippen molar-refractivity contribution in [2.45, 2.75) is 4.90 Å². The topological polar surface area (TPSA) is 150 Å². The summed E-state index contributed by atoms with van der Waals surface area (Å²) in [5.41, 5.74) is 2.65. The van der Waals surface area contributed by atoms with Crippen molar-refractivity contribution >= 4 is 45.1 Å². The summed E-state index contributed by atoms with van der Waals surface area (Å²) >= 11 is 6.14. The summed E-state index contributed by atoms with van der Waals surface area (Å²) in [6, 6.07) is 13.8. The Morgan fingerprint density at radius 2 is 1.63 bits per heavy atom. The molecule has 0 aliphatic carbocycles. The van der Waals surface area contributed by atoms with Crippen LogP contribution in [0.3, 0.4) is 0 Å². The average Bonchev–Trinajstić information content (AvgIpc) is 2.91. The second-order valence-electron chi connectivity index (χ2n) is 7.49. The molecule has 0 aromatic heterocycles. The van der Waals surface area contributed by atoms with Gasteiger partial charge in [0.25, 0.3) is 21.6 Å². The number of methoxy groups -OCH3 is 3. The SMILES string of the molecule is COc1ccc(S(=O)(=O)N(CC(=O)NN=Cc2ccc([N+](=O)[O-])cc2)c2cc(Cl)ccc2OC)cc1OC. The van der Waals surface area contributed by atoms with E-state index in [0.29, 0.717) is 11.3 Å². The largest absolute Gasteiger partial charge is 0.495 e. The van der Waals surface area contributed by atoms with Gasteiger partial charge in [0.15, 0.2) is 11.5 Å². The summed E-state index contributed by atoms with van der Waals surface area (Å²) in [4.78, 5) is 22.9. The van der Waals surface area contributed by atoms with Crippen molar-refractivity contribution in [1.29, 1.82) is 0 Å². The van der Waals surface area contributed by atoms with E-state index in [9.17, 15) is 23.3 Å². The highest BCUT2D eigenvalue weighted by atomic mass is 35.5. The minimum absolute atomic E-state index is 0.0179. The lowest BCUT2D eigenvalue weighted by Crippen LogP contribution is -2.39. The van der Waals surface area contributed by atoms with Crippen molar-refractivity contribution in [3.8, 4) is 17.2 Å². The molecule has 0 bridgehead atoms. The number of amides is 1. The maximum absolute atomic E-state index is 13.8. The summed E-state index contributed by atoms with van der Waals surface area (Å²) in [6.45, 7) is -0.690. The van der Waals surface area contributed by atoms with Crippen LogP contribution in [0.4, 0.5) is 11.4 Å². The maximum atomic E-state index is 13.8. The quantitative estimate of drug-likeness (QED) is 0.211. The van der Waals surface area contributed by atoms with Crippen molar-refractivity contribution in [3.63, 3.8) is 0 Å². The second-order valence-corrected chi connectivity index (χ2v) is 9.79. The van der Waals surface area contributed by atoms with Gasteiger partial charge in [-0.05, 0) is 48.0 Å². The van der Waals surface area contributed by atoms with Gasteiger partial charge in [-0.25, -0.2) is 13.8 Å². The number of halogens is 1. The van der Waals surface area contributed by atoms with Crippen LogP contribution in [0.5, 0.6) is 17.2 Å². The number of non-ortho nitro benzene ring substituents is 1. The standard InChI is InChI=1S/C24H23ClN4O8S/c1-35-21-10-6-17(25)12-20(21)28(38(33,34)19-9-11-22(36-2)23(13-19)37-3)15-24(30)27-26-14-16-4-7-18(8-5-16)29(31)32/h4-14H,15H2,1-3H3,(H,27,30). The predicted octanol–water partition coefficient (Wildman–Crippen LogP) is 3.62. The van der Waals surface area contributed by atoms with Crippen LogP contribution in [0.15, 0.2) is 70.7 Å². The first kappa shape index (κ1) is 28.2. The van der Waals surface area contributed by atoms with Crippen LogP contribution >= 0.6 is 11.6 Å². The highest BCUT2D eigenvalue weighted by Gasteiger charge is 2.30. The first-order valence-corrected chi connectivity index (χ1v) is 12.6. The van der Waals surface area contributed by atoms with Crippen molar-refractivity contribution in [2.75, 3.05) is 32.2 Å². The molecule has 0 aliphatic heterocycles. The maximum Gasteiger partial charge on any atom is 0.269 e. The molecular formula is C24H23ClN4O8S. The average molecular weight is 563 g/mol. The summed E-state index contributed by atoms with van der Waals surface area (Å²) < 4.78 is 44.1. The molecule has 1 amide bonds. The molecular weight excluding hydrogens is 540 g/mol. The molecule has 0 atom stereocenters. The summed E-state index contributed by atoms with van der Waals surface area (Å²) in [7, 11) is -0.237. The third kappa shape index (κ3) is 6.49. The Hall–Kier alpha value is -4.36. The summed E-state index contributed by atoms with van der Waals surface area (Å²) in [5.74, 6) is -0.143. The van der Waals surface area contributed by atoms with E-state index in [-0.39, 0.29) is 32.8 Å². The molecule has 0 heterocycles. The molecule has 0 spiro atoms.